The lowest BCUT2D eigenvalue weighted by Crippen LogP contribution is -2.45. The number of nitrogens with one attached hydrogen (secondary N) is 1. The number of hydrogen-bond acceptors (Lipinski definition) is 4. The minimum absolute atomic E-state index is 0.00393. The molecule has 1 aromatic carbocycles. The molecule has 0 amide bonds. The minimum atomic E-state index is -3.59. The molecule has 2 aliphatic rings. The van der Waals surface area contributed by atoms with Gasteiger partial charge in [0.15, 0.2) is 0 Å². The van der Waals surface area contributed by atoms with Gasteiger partial charge in [-0.15, -0.1) is 0 Å². The summed E-state index contributed by atoms with van der Waals surface area (Å²) in [7, 11) is -1.89. The van der Waals surface area contributed by atoms with Crippen molar-refractivity contribution in [3.05, 3.63) is 29.6 Å². The molecule has 2 heterocycles. The van der Waals surface area contributed by atoms with E-state index in [1.165, 1.54) is 22.5 Å². The summed E-state index contributed by atoms with van der Waals surface area (Å²) in [6.45, 7) is 1.07. The molecular formula is C14H19FN2O3S. The molecule has 0 saturated carbocycles. The number of sulfonamides is 1. The molecule has 3 rings (SSSR count). The summed E-state index contributed by atoms with van der Waals surface area (Å²) in [5.74, 6) is -0.398. The van der Waals surface area contributed by atoms with E-state index in [-0.39, 0.29) is 17.1 Å². The van der Waals surface area contributed by atoms with Crippen LogP contribution in [0.4, 0.5) is 4.39 Å². The maximum Gasteiger partial charge on any atom is 0.243 e. The zero-order valence-corrected chi connectivity index (χ0v) is 12.7. The Morgan fingerprint density at radius 3 is 2.62 bits per heavy atom. The van der Waals surface area contributed by atoms with Crippen molar-refractivity contribution in [2.24, 2.45) is 0 Å². The molecule has 0 aliphatic carbocycles. The monoisotopic (exact) mass is 314 g/mol. The number of benzene rings is 1. The number of ether oxygens (including phenoxy) is 1. The molecule has 2 fully saturated rings. The molecule has 2 bridgehead atoms. The fraction of sp³-hybridized carbons (Fsp3) is 0.571. The lowest BCUT2D eigenvalue weighted by atomic mass is 10.2. The van der Waals surface area contributed by atoms with E-state index < -0.39 is 15.8 Å². The lowest BCUT2D eigenvalue weighted by molar-refractivity contribution is -0.0114. The highest BCUT2D eigenvalue weighted by Gasteiger charge is 2.39. The summed E-state index contributed by atoms with van der Waals surface area (Å²) in [6.07, 6.45) is 1.81. The minimum Gasteiger partial charge on any atom is -0.372 e. The van der Waals surface area contributed by atoms with Crippen molar-refractivity contribution >= 4 is 10.0 Å². The van der Waals surface area contributed by atoms with E-state index in [1.54, 1.807) is 7.05 Å². The van der Waals surface area contributed by atoms with E-state index in [0.717, 1.165) is 12.8 Å². The smallest absolute Gasteiger partial charge is 0.243 e. The van der Waals surface area contributed by atoms with Crippen LogP contribution in [-0.4, -0.2) is 45.1 Å². The Kier molecular flexibility index (Phi) is 4.00. The van der Waals surface area contributed by atoms with Crippen molar-refractivity contribution in [1.82, 2.24) is 9.62 Å². The number of nitrogens with zero attached hydrogens (tertiary/aromatic N) is 1. The third-order valence-corrected chi connectivity index (χ3v) is 5.86. The fourth-order valence-corrected chi connectivity index (χ4v) is 4.51. The van der Waals surface area contributed by atoms with Crippen molar-refractivity contribution in [2.75, 3.05) is 20.1 Å². The molecule has 2 aliphatic heterocycles. The fourth-order valence-electron chi connectivity index (χ4n) is 2.96. The second-order valence-electron chi connectivity index (χ2n) is 5.56. The molecule has 116 valence electrons. The molecule has 1 N–H and O–H groups in total. The van der Waals surface area contributed by atoms with Crippen LogP contribution in [0.5, 0.6) is 0 Å². The van der Waals surface area contributed by atoms with Crippen LogP contribution in [0.1, 0.15) is 18.4 Å². The Balaban J connectivity index is 1.89. The van der Waals surface area contributed by atoms with Crippen molar-refractivity contribution in [2.45, 2.75) is 36.5 Å². The van der Waals surface area contributed by atoms with Gasteiger partial charge in [0.05, 0.1) is 17.1 Å². The first-order valence-electron chi connectivity index (χ1n) is 7.09. The number of hydrogen-bond donors (Lipinski definition) is 1. The Hall–Kier alpha value is -1.02. The standard InChI is InChI=1S/C14H19FN2O3S/c1-16-7-10-6-13(4-5-14(10)15)21(18,19)17-8-11-2-3-12(9-17)20-11/h4-6,11-12,16H,2-3,7-9H2,1H3. The predicted molar refractivity (Wildman–Crippen MR) is 75.8 cm³/mol. The van der Waals surface area contributed by atoms with Crippen LogP contribution in [0.2, 0.25) is 0 Å². The molecule has 2 atom stereocenters. The van der Waals surface area contributed by atoms with E-state index in [2.05, 4.69) is 5.32 Å². The van der Waals surface area contributed by atoms with Crippen molar-refractivity contribution in [1.29, 1.82) is 0 Å². The highest BCUT2D eigenvalue weighted by molar-refractivity contribution is 7.89. The van der Waals surface area contributed by atoms with Crippen molar-refractivity contribution in [3.8, 4) is 0 Å². The third-order valence-electron chi connectivity index (χ3n) is 4.03. The molecule has 2 saturated heterocycles. The number of morpholine rings is 1. The van der Waals surface area contributed by atoms with Gasteiger partial charge in [0.25, 0.3) is 0 Å². The Labute approximate surface area is 124 Å². The van der Waals surface area contributed by atoms with Crippen molar-refractivity contribution < 1.29 is 17.5 Å². The largest absolute Gasteiger partial charge is 0.372 e. The summed E-state index contributed by atoms with van der Waals surface area (Å²) in [5, 5.41) is 2.84. The van der Waals surface area contributed by atoms with Gasteiger partial charge in [-0.3, -0.25) is 0 Å². The lowest BCUT2D eigenvalue weighted by Gasteiger charge is -2.31. The summed E-state index contributed by atoms with van der Waals surface area (Å²) in [4.78, 5) is 0.149. The van der Waals surface area contributed by atoms with Gasteiger partial charge in [-0.2, -0.15) is 4.31 Å². The number of fused-ring (bicyclic) bond motifs is 2. The van der Waals surface area contributed by atoms with Gasteiger partial charge >= 0.3 is 0 Å². The van der Waals surface area contributed by atoms with E-state index in [4.69, 9.17) is 4.74 Å². The Bertz CT molecular complexity index is 623. The Morgan fingerprint density at radius 1 is 1.33 bits per heavy atom. The van der Waals surface area contributed by atoms with Gasteiger partial charge in [-0.25, -0.2) is 12.8 Å². The quantitative estimate of drug-likeness (QED) is 0.904. The predicted octanol–water partition coefficient (Wildman–Crippen LogP) is 1.10. The van der Waals surface area contributed by atoms with Gasteiger partial charge in [0.2, 0.25) is 10.0 Å². The highest BCUT2D eigenvalue weighted by Crippen LogP contribution is 2.30. The van der Waals surface area contributed by atoms with Crippen LogP contribution in [0.3, 0.4) is 0 Å². The van der Waals surface area contributed by atoms with Gasteiger partial charge in [-0.05, 0) is 38.1 Å². The van der Waals surface area contributed by atoms with Crippen LogP contribution in [-0.2, 0) is 21.3 Å². The van der Waals surface area contributed by atoms with E-state index in [1.807, 2.05) is 0 Å². The van der Waals surface area contributed by atoms with Crippen LogP contribution in [0.25, 0.3) is 0 Å². The van der Waals surface area contributed by atoms with Crippen molar-refractivity contribution in [3.63, 3.8) is 0 Å². The zero-order valence-electron chi connectivity index (χ0n) is 11.9. The first-order chi connectivity index (χ1) is 10.0. The average Bonchev–Trinajstić information content (AvgIpc) is 2.79. The van der Waals surface area contributed by atoms with Crippen LogP contribution < -0.4 is 5.32 Å². The van der Waals surface area contributed by atoms with Gasteiger partial charge in [0, 0.05) is 25.2 Å². The summed E-state index contributed by atoms with van der Waals surface area (Å²) in [5.41, 5.74) is 0.356. The van der Waals surface area contributed by atoms with Gasteiger partial charge in [-0.1, -0.05) is 0 Å². The van der Waals surface area contributed by atoms with Crippen LogP contribution >= 0.6 is 0 Å². The molecule has 0 spiro atoms. The first-order valence-corrected chi connectivity index (χ1v) is 8.53. The zero-order chi connectivity index (χ0) is 15.0. The maximum absolute atomic E-state index is 13.7. The summed E-state index contributed by atoms with van der Waals surface area (Å²) < 4.78 is 46.2. The molecule has 1 aromatic rings. The number of rotatable bonds is 4. The summed E-state index contributed by atoms with van der Waals surface area (Å²) in [6, 6.07) is 3.97. The first kappa shape index (κ1) is 14.9. The van der Waals surface area contributed by atoms with E-state index in [0.29, 0.717) is 25.2 Å². The topological polar surface area (TPSA) is 58.6 Å². The third kappa shape index (κ3) is 2.83. The molecule has 0 radical (unpaired) electrons. The summed E-state index contributed by atoms with van der Waals surface area (Å²) >= 11 is 0. The molecule has 0 aromatic heterocycles. The van der Waals surface area contributed by atoms with Gasteiger partial charge < -0.3 is 10.1 Å². The van der Waals surface area contributed by atoms with E-state index >= 15 is 0 Å². The molecule has 2 unspecified atom stereocenters. The second kappa shape index (κ2) is 5.64. The SMILES string of the molecule is CNCc1cc(S(=O)(=O)N2CC3CCC(C2)O3)ccc1F. The normalized spacial score (nSPS) is 26.2. The number of halogens is 1. The van der Waals surface area contributed by atoms with Gasteiger partial charge in [0.1, 0.15) is 5.82 Å². The second-order valence-corrected chi connectivity index (χ2v) is 7.50. The highest BCUT2D eigenvalue weighted by atomic mass is 32.2. The molecule has 5 nitrogen and oxygen atoms in total. The molecule has 21 heavy (non-hydrogen) atoms. The average molecular weight is 314 g/mol. The Morgan fingerprint density at radius 2 is 2.00 bits per heavy atom. The maximum atomic E-state index is 13.7. The van der Waals surface area contributed by atoms with Crippen LogP contribution in [0, 0.1) is 5.82 Å². The van der Waals surface area contributed by atoms with Crippen LogP contribution in [0.15, 0.2) is 23.1 Å². The van der Waals surface area contributed by atoms with E-state index in [9.17, 15) is 12.8 Å². The molecular weight excluding hydrogens is 295 g/mol. The molecule has 7 heteroatoms.